The van der Waals surface area contributed by atoms with Crippen molar-refractivity contribution >= 4 is 17.3 Å². The van der Waals surface area contributed by atoms with Crippen LogP contribution in [-0.2, 0) is 11.3 Å². The first-order valence-electron chi connectivity index (χ1n) is 6.75. The number of quaternary nitrogens is 1. The highest BCUT2D eigenvalue weighted by Crippen LogP contribution is 2.10. The molecule has 0 aliphatic heterocycles. The molecule has 1 heterocycles. The fourth-order valence-corrected chi connectivity index (χ4v) is 2.79. The largest absolute Gasteiger partial charge is 0.452 e. The van der Waals surface area contributed by atoms with Gasteiger partial charge in [-0.3, -0.25) is 0 Å². The van der Waals surface area contributed by atoms with Crippen LogP contribution in [0.15, 0.2) is 47.8 Å². The number of carbonyl (C=O) groups excluding carboxylic acids is 1. The molecule has 1 N–H and O–H groups in total. The molecule has 4 heteroatoms. The third-order valence-corrected chi connectivity index (χ3v) is 3.87. The van der Waals surface area contributed by atoms with Crippen molar-refractivity contribution in [2.75, 3.05) is 13.6 Å². The number of thiophene rings is 1. The van der Waals surface area contributed by atoms with Crippen molar-refractivity contribution in [3.63, 3.8) is 0 Å². The van der Waals surface area contributed by atoms with Crippen molar-refractivity contribution in [3.8, 4) is 0 Å². The summed E-state index contributed by atoms with van der Waals surface area (Å²) >= 11 is 1.41. The molecule has 0 fully saturated rings. The van der Waals surface area contributed by atoms with Crippen LogP contribution in [0.3, 0.4) is 0 Å². The first kappa shape index (κ1) is 14.8. The highest BCUT2D eigenvalue weighted by atomic mass is 32.1. The van der Waals surface area contributed by atoms with Gasteiger partial charge < -0.3 is 9.64 Å². The number of ether oxygens (including phenoxy) is 1. The predicted molar refractivity (Wildman–Crippen MR) is 81.1 cm³/mol. The summed E-state index contributed by atoms with van der Waals surface area (Å²) in [5.41, 5.74) is 1.29. The minimum atomic E-state index is -0.222. The second-order valence-electron chi connectivity index (χ2n) is 5.02. The first-order chi connectivity index (χ1) is 9.65. The van der Waals surface area contributed by atoms with E-state index in [1.54, 1.807) is 6.07 Å². The molecule has 3 nitrogen and oxygen atoms in total. The molecule has 0 amide bonds. The number of nitrogens with one attached hydrogen (secondary N) is 1. The molecule has 0 aliphatic rings. The quantitative estimate of drug-likeness (QED) is 0.825. The second kappa shape index (κ2) is 7.22. The van der Waals surface area contributed by atoms with Gasteiger partial charge >= 0.3 is 5.97 Å². The van der Waals surface area contributed by atoms with Gasteiger partial charge in [-0.15, -0.1) is 11.3 Å². The van der Waals surface area contributed by atoms with Gasteiger partial charge in [0.2, 0.25) is 0 Å². The van der Waals surface area contributed by atoms with E-state index in [-0.39, 0.29) is 12.1 Å². The van der Waals surface area contributed by atoms with Crippen molar-refractivity contribution in [3.05, 3.63) is 58.3 Å². The maximum absolute atomic E-state index is 11.8. The van der Waals surface area contributed by atoms with Crippen LogP contribution in [0.4, 0.5) is 0 Å². The number of rotatable bonds is 6. The number of benzene rings is 1. The summed E-state index contributed by atoms with van der Waals surface area (Å²) < 4.78 is 5.45. The summed E-state index contributed by atoms with van der Waals surface area (Å²) in [6.07, 6.45) is -0.0895. The van der Waals surface area contributed by atoms with Crippen LogP contribution in [0.1, 0.15) is 22.2 Å². The van der Waals surface area contributed by atoms with Gasteiger partial charge in [-0.1, -0.05) is 36.4 Å². The van der Waals surface area contributed by atoms with Crippen LogP contribution in [0, 0.1) is 0 Å². The summed E-state index contributed by atoms with van der Waals surface area (Å²) in [4.78, 5) is 13.8. The van der Waals surface area contributed by atoms with Crippen LogP contribution in [0.25, 0.3) is 0 Å². The Hall–Kier alpha value is -1.65. The lowest BCUT2D eigenvalue weighted by atomic mass is 10.2. The van der Waals surface area contributed by atoms with E-state index in [0.717, 1.165) is 13.1 Å². The zero-order valence-electron chi connectivity index (χ0n) is 11.8. The fourth-order valence-electron chi connectivity index (χ4n) is 2.18. The molecular weight excluding hydrogens is 270 g/mol. The molecule has 2 atom stereocenters. The predicted octanol–water partition coefficient (Wildman–Crippen LogP) is 2.01. The Bertz CT molecular complexity index is 525. The van der Waals surface area contributed by atoms with E-state index >= 15 is 0 Å². The number of esters is 1. The number of likely N-dealkylation sites (N-methyl/N-ethyl adjacent to an activating group) is 1. The molecular formula is C16H20NO2S+. The third-order valence-electron chi connectivity index (χ3n) is 3.02. The lowest BCUT2D eigenvalue weighted by Crippen LogP contribution is -3.08. The Kier molecular flexibility index (Phi) is 5.32. The summed E-state index contributed by atoms with van der Waals surface area (Å²) in [5.74, 6) is -0.222. The summed E-state index contributed by atoms with van der Waals surface area (Å²) in [6.45, 7) is 3.67. The van der Waals surface area contributed by atoms with Crippen LogP contribution >= 0.6 is 11.3 Å². The van der Waals surface area contributed by atoms with E-state index < -0.39 is 0 Å². The van der Waals surface area contributed by atoms with Gasteiger partial charge in [0.15, 0.2) is 0 Å². The smallest absolute Gasteiger partial charge is 0.348 e. The normalized spacial score (nSPS) is 13.7. The molecule has 0 spiro atoms. The maximum Gasteiger partial charge on any atom is 0.348 e. The molecule has 1 unspecified atom stereocenters. The summed E-state index contributed by atoms with van der Waals surface area (Å²) in [5, 5.41) is 1.88. The van der Waals surface area contributed by atoms with Gasteiger partial charge in [0.1, 0.15) is 24.1 Å². The molecule has 2 rings (SSSR count). The van der Waals surface area contributed by atoms with Crippen molar-refractivity contribution < 1.29 is 14.4 Å². The van der Waals surface area contributed by atoms with Crippen LogP contribution in [-0.4, -0.2) is 25.7 Å². The monoisotopic (exact) mass is 290 g/mol. The van der Waals surface area contributed by atoms with Gasteiger partial charge in [0.05, 0.1) is 7.05 Å². The molecule has 20 heavy (non-hydrogen) atoms. The summed E-state index contributed by atoms with van der Waals surface area (Å²) in [6, 6.07) is 14.0. The molecule has 2 aromatic rings. The second-order valence-corrected chi connectivity index (χ2v) is 5.96. The lowest BCUT2D eigenvalue weighted by Gasteiger charge is -2.19. The molecule has 0 radical (unpaired) electrons. The highest BCUT2D eigenvalue weighted by molar-refractivity contribution is 7.11. The van der Waals surface area contributed by atoms with Crippen LogP contribution in [0.2, 0.25) is 0 Å². The van der Waals surface area contributed by atoms with Gasteiger partial charge in [0, 0.05) is 5.56 Å². The number of hydrogen-bond acceptors (Lipinski definition) is 3. The molecule has 0 saturated carbocycles. The van der Waals surface area contributed by atoms with Gasteiger partial charge in [-0.05, 0) is 18.4 Å². The minimum absolute atomic E-state index is 0.0895. The zero-order chi connectivity index (χ0) is 14.4. The SMILES string of the molecule is C[C@@H](C[NH+](C)Cc1ccccc1)OC(=O)c1cccs1. The number of hydrogen-bond donors (Lipinski definition) is 1. The van der Waals surface area contributed by atoms with Crippen molar-refractivity contribution in [1.82, 2.24) is 0 Å². The van der Waals surface area contributed by atoms with Gasteiger partial charge in [-0.25, -0.2) is 4.79 Å². The van der Waals surface area contributed by atoms with Crippen molar-refractivity contribution in [1.29, 1.82) is 0 Å². The minimum Gasteiger partial charge on any atom is -0.452 e. The van der Waals surface area contributed by atoms with E-state index in [2.05, 4.69) is 19.2 Å². The van der Waals surface area contributed by atoms with Gasteiger partial charge in [0.25, 0.3) is 0 Å². The third kappa shape index (κ3) is 4.47. The average molecular weight is 290 g/mol. The highest BCUT2D eigenvalue weighted by Gasteiger charge is 2.16. The fraction of sp³-hybridized carbons (Fsp3) is 0.312. The Labute approximate surface area is 123 Å². The maximum atomic E-state index is 11.8. The standard InChI is InChI=1S/C16H19NO2S/c1-13(19-16(18)15-9-6-10-20-15)11-17(2)12-14-7-4-3-5-8-14/h3-10,13H,11-12H2,1-2H3/p+1/t13-/m0/s1. The summed E-state index contributed by atoms with van der Waals surface area (Å²) in [7, 11) is 2.11. The van der Waals surface area contributed by atoms with Crippen LogP contribution < -0.4 is 4.90 Å². The topological polar surface area (TPSA) is 30.7 Å². The molecule has 106 valence electrons. The average Bonchev–Trinajstić information content (AvgIpc) is 2.93. The molecule has 0 aliphatic carbocycles. The lowest BCUT2D eigenvalue weighted by molar-refractivity contribution is -0.896. The Balaban J connectivity index is 1.79. The van der Waals surface area contributed by atoms with Crippen molar-refractivity contribution in [2.45, 2.75) is 19.6 Å². The zero-order valence-corrected chi connectivity index (χ0v) is 12.7. The van der Waals surface area contributed by atoms with E-state index in [1.165, 1.54) is 21.8 Å². The molecule has 0 bridgehead atoms. The van der Waals surface area contributed by atoms with Crippen molar-refractivity contribution in [2.24, 2.45) is 0 Å². The van der Waals surface area contributed by atoms with E-state index in [1.807, 2.05) is 36.6 Å². The van der Waals surface area contributed by atoms with Gasteiger partial charge in [-0.2, -0.15) is 0 Å². The van der Waals surface area contributed by atoms with E-state index in [4.69, 9.17) is 4.74 Å². The molecule has 0 saturated heterocycles. The molecule has 1 aromatic carbocycles. The number of carbonyl (C=O) groups is 1. The Morgan fingerprint density at radius 3 is 2.65 bits per heavy atom. The first-order valence-corrected chi connectivity index (χ1v) is 7.63. The van der Waals surface area contributed by atoms with Crippen LogP contribution in [0.5, 0.6) is 0 Å². The van der Waals surface area contributed by atoms with E-state index in [9.17, 15) is 4.79 Å². The Morgan fingerprint density at radius 1 is 1.25 bits per heavy atom. The van der Waals surface area contributed by atoms with E-state index in [0.29, 0.717) is 4.88 Å². The Morgan fingerprint density at radius 2 is 2.00 bits per heavy atom. The molecule has 1 aromatic heterocycles.